The molecule has 0 aliphatic carbocycles. The highest BCUT2D eigenvalue weighted by atomic mass is 16.6. The van der Waals surface area contributed by atoms with Crippen LogP contribution in [0.15, 0.2) is 42.6 Å². The average molecular weight is 298 g/mol. The summed E-state index contributed by atoms with van der Waals surface area (Å²) in [7, 11) is 0. The Morgan fingerprint density at radius 2 is 1.91 bits per heavy atom. The standard InChI is InChI=1S/C17H18N2O3/c1-17(2,3)22-16(21)11-15(20)13-7-4-6-12(10-13)14-8-5-9-18-19-14/h4-10H,11H2,1-3H3. The molecule has 0 aliphatic heterocycles. The molecule has 2 rings (SSSR count). The zero-order valence-corrected chi connectivity index (χ0v) is 12.9. The van der Waals surface area contributed by atoms with Crippen LogP contribution < -0.4 is 0 Å². The van der Waals surface area contributed by atoms with Crippen LogP contribution in [-0.2, 0) is 9.53 Å². The molecule has 22 heavy (non-hydrogen) atoms. The molecule has 0 amide bonds. The molecule has 0 N–H and O–H groups in total. The molecule has 5 nitrogen and oxygen atoms in total. The number of rotatable bonds is 4. The maximum atomic E-state index is 12.2. The van der Waals surface area contributed by atoms with Crippen LogP contribution in [-0.4, -0.2) is 27.6 Å². The summed E-state index contributed by atoms with van der Waals surface area (Å²) >= 11 is 0. The van der Waals surface area contributed by atoms with Crippen molar-refractivity contribution >= 4 is 11.8 Å². The number of carbonyl (C=O) groups excluding carboxylic acids is 2. The third-order valence-corrected chi connectivity index (χ3v) is 2.78. The number of hydrogen-bond acceptors (Lipinski definition) is 5. The number of ether oxygens (including phenoxy) is 1. The Morgan fingerprint density at radius 3 is 2.55 bits per heavy atom. The van der Waals surface area contributed by atoms with E-state index in [0.29, 0.717) is 11.3 Å². The van der Waals surface area contributed by atoms with Crippen molar-refractivity contribution in [3.8, 4) is 11.3 Å². The fraction of sp³-hybridized carbons (Fsp3) is 0.294. The lowest BCUT2D eigenvalue weighted by atomic mass is 10.0. The van der Waals surface area contributed by atoms with Crippen LogP contribution in [0.25, 0.3) is 11.3 Å². The lowest BCUT2D eigenvalue weighted by molar-refractivity contribution is -0.153. The fourth-order valence-corrected chi connectivity index (χ4v) is 1.92. The van der Waals surface area contributed by atoms with Gasteiger partial charge in [0.2, 0.25) is 0 Å². The molecule has 0 aliphatic rings. The van der Waals surface area contributed by atoms with Gasteiger partial charge in [0.05, 0.1) is 5.69 Å². The highest BCUT2D eigenvalue weighted by Crippen LogP contribution is 2.18. The van der Waals surface area contributed by atoms with Gasteiger partial charge >= 0.3 is 5.97 Å². The Kier molecular flexibility index (Phi) is 4.65. The number of benzene rings is 1. The van der Waals surface area contributed by atoms with Crippen molar-refractivity contribution in [3.63, 3.8) is 0 Å². The highest BCUT2D eigenvalue weighted by molar-refractivity contribution is 6.06. The number of nitrogens with zero attached hydrogens (tertiary/aromatic N) is 2. The lowest BCUT2D eigenvalue weighted by Gasteiger charge is -2.19. The minimum Gasteiger partial charge on any atom is -0.460 e. The van der Waals surface area contributed by atoms with Crippen LogP contribution in [0.5, 0.6) is 0 Å². The smallest absolute Gasteiger partial charge is 0.314 e. The summed E-state index contributed by atoms with van der Waals surface area (Å²) in [6, 6.07) is 10.6. The van der Waals surface area contributed by atoms with E-state index in [4.69, 9.17) is 4.74 Å². The Balaban J connectivity index is 2.13. The van der Waals surface area contributed by atoms with Gasteiger partial charge < -0.3 is 4.74 Å². The predicted molar refractivity (Wildman–Crippen MR) is 82.3 cm³/mol. The summed E-state index contributed by atoms with van der Waals surface area (Å²) in [6.07, 6.45) is 1.31. The molecule has 1 aromatic heterocycles. The quantitative estimate of drug-likeness (QED) is 0.493. The van der Waals surface area contributed by atoms with E-state index < -0.39 is 11.6 Å². The molecular weight excluding hydrogens is 280 g/mol. The van der Waals surface area contributed by atoms with Crippen LogP contribution in [0.3, 0.4) is 0 Å². The molecule has 0 fully saturated rings. The Morgan fingerprint density at radius 1 is 1.14 bits per heavy atom. The van der Waals surface area contributed by atoms with Crippen molar-refractivity contribution in [2.45, 2.75) is 32.8 Å². The van der Waals surface area contributed by atoms with E-state index in [-0.39, 0.29) is 12.2 Å². The summed E-state index contributed by atoms with van der Waals surface area (Å²) in [5, 5.41) is 7.82. The minimum absolute atomic E-state index is 0.277. The van der Waals surface area contributed by atoms with E-state index in [1.807, 2.05) is 12.1 Å². The van der Waals surface area contributed by atoms with Gasteiger partial charge in [-0.25, -0.2) is 0 Å². The van der Waals surface area contributed by atoms with Crippen molar-refractivity contribution in [1.29, 1.82) is 0 Å². The van der Waals surface area contributed by atoms with Gasteiger partial charge in [0.1, 0.15) is 12.0 Å². The molecule has 1 heterocycles. The van der Waals surface area contributed by atoms with Crippen LogP contribution >= 0.6 is 0 Å². The highest BCUT2D eigenvalue weighted by Gasteiger charge is 2.20. The molecule has 0 bridgehead atoms. The normalized spacial score (nSPS) is 11.0. The Hall–Kier alpha value is -2.56. The summed E-state index contributed by atoms with van der Waals surface area (Å²) in [5.74, 6) is -0.803. The lowest BCUT2D eigenvalue weighted by Crippen LogP contribution is -2.25. The number of hydrogen-bond donors (Lipinski definition) is 0. The maximum absolute atomic E-state index is 12.2. The first-order valence-electron chi connectivity index (χ1n) is 6.98. The number of ketones is 1. The van der Waals surface area contributed by atoms with Crippen molar-refractivity contribution in [3.05, 3.63) is 48.2 Å². The molecule has 0 unspecified atom stereocenters. The van der Waals surface area contributed by atoms with E-state index in [2.05, 4.69) is 10.2 Å². The van der Waals surface area contributed by atoms with E-state index in [9.17, 15) is 9.59 Å². The Labute approximate surface area is 129 Å². The molecule has 5 heteroatoms. The van der Waals surface area contributed by atoms with Crippen LogP contribution in [0, 0.1) is 0 Å². The number of carbonyl (C=O) groups is 2. The van der Waals surface area contributed by atoms with E-state index in [1.54, 1.807) is 51.2 Å². The summed E-state index contributed by atoms with van der Waals surface area (Å²) in [6.45, 7) is 5.30. The molecule has 0 saturated heterocycles. The maximum Gasteiger partial charge on any atom is 0.314 e. The van der Waals surface area contributed by atoms with Gasteiger partial charge in [0.15, 0.2) is 5.78 Å². The van der Waals surface area contributed by atoms with Crippen LogP contribution in [0.1, 0.15) is 37.6 Å². The van der Waals surface area contributed by atoms with E-state index >= 15 is 0 Å². The van der Waals surface area contributed by atoms with Crippen LogP contribution in [0.4, 0.5) is 0 Å². The zero-order chi connectivity index (χ0) is 16.2. The van der Waals surface area contributed by atoms with Gasteiger partial charge in [-0.1, -0.05) is 18.2 Å². The predicted octanol–water partition coefficient (Wildman–Crippen LogP) is 3.06. The second kappa shape index (κ2) is 6.47. The van der Waals surface area contributed by atoms with Gasteiger partial charge in [-0.15, -0.1) is 0 Å². The molecule has 114 valence electrons. The summed E-state index contributed by atoms with van der Waals surface area (Å²) < 4.78 is 5.16. The minimum atomic E-state index is -0.598. The molecule has 0 saturated carbocycles. The third kappa shape index (κ3) is 4.48. The molecule has 0 atom stereocenters. The first kappa shape index (κ1) is 15.8. The fourth-order valence-electron chi connectivity index (χ4n) is 1.92. The summed E-state index contributed by atoms with van der Waals surface area (Å²) in [4.78, 5) is 23.9. The molecule has 0 spiro atoms. The van der Waals surface area contributed by atoms with Gasteiger partial charge in [-0.05, 0) is 39.0 Å². The summed E-state index contributed by atoms with van der Waals surface area (Å²) in [5.41, 5.74) is 1.31. The van der Waals surface area contributed by atoms with Crippen molar-refractivity contribution < 1.29 is 14.3 Å². The largest absolute Gasteiger partial charge is 0.460 e. The van der Waals surface area contributed by atoms with Gasteiger partial charge in [0.25, 0.3) is 0 Å². The van der Waals surface area contributed by atoms with Gasteiger partial charge in [-0.3, -0.25) is 9.59 Å². The SMILES string of the molecule is CC(C)(C)OC(=O)CC(=O)c1cccc(-c2cccnn2)c1. The third-order valence-electron chi connectivity index (χ3n) is 2.78. The van der Waals surface area contributed by atoms with Crippen LogP contribution in [0.2, 0.25) is 0 Å². The molecule has 1 aromatic carbocycles. The monoisotopic (exact) mass is 298 g/mol. The van der Waals surface area contributed by atoms with Crippen molar-refractivity contribution in [2.75, 3.05) is 0 Å². The van der Waals surface area contributed by atoms with Crippen molar-refractivity contribution in [2.24, 2.45) is 0 Å². The second-order valence-electron chi connectivity index (χ2n) is 5.88. The molecule has 0 radical (unpaired) electrons. The second-order valence-corrected chi connectivity index (χ2v) is 5.88. The average Bonchev–Trinajstić information content (AvgIpc) is 2.46. The first-order chi connectivity index (χ1) is 10.3. The number of esters is 1. The van der Waals surface area contributed by atoms with Gasteiger partial charge in [-0.2, -0.15) is 10.2 Å². The number of aromatic nitrogens is 2. The molecule has 2 aromatic rings. The van der Waals surface area contributed by atoms with E-state index in [1.165, 1.54) is 0 Å². The zero-order valence-electron chi connectivity index (χ0n) is 12.9. The van der Waals surface area contributed by atoms with E-state index in [0.717, 1.165) is 5.56 Å². The molecular formula is C17H18N2O3. The Bertz CT molecular complexity index is 676. The van der Waals surface area contributed by atoms with Crippen molar-refractivity contribution in [1.82, 2.24) is 10.2 Å². The van der Waals surface area contributed by atoms with Gasteiger partial charge in [0, 0.05) is 17.3 Å². The number of Topliss-reactive ketones (excluding diaryl/α,β-unsaturated/α-hetero) is 1. The first-order valence-corrected chi connectivity index (χ1v) is 6.98. The topological polar surface area (TPSA) is 69.2 Å².